The van der Waals surface area contributed by atoms with Gasteiger partial charge in [-0.3, -0.25) is 0 Å². The Labute approximate surface area is 81.9 Å². The van der Waals surface area contributed by atoms with Gasteiger partial charge in [-0.25, -0.2) is 9.97 Å². The molecule has 1 fully saturated rings. The molecule has 1 saturated heterocycles. The Morgan fingerprint density at radius 3 is 2.85 bits per heavy atom. The van der Waals surface area contributed by atoms with Crippen molar-refractivity contribution in [1.82, 2.24) is 15.3 Å². The number of rotatable bonds is 1. The van der Waals surface area contributed by atoms with Crippen LogP contribution in [0.15, 0.2) is 12.5 Å². The summed E-state index contributed by atoms with van der Waals surface area (Å²) in [6.07, 6.45) is 3.16. The fourth-order valence-electron chi connectivity index (χ4n) is 1.42. The molecule has 2 rings (SSSR count). The van der Waals surface area contributed by atoms with Crippen molar-refractivity contribution >= 4 is 17.4 Å². The molecule has 0 bridgehead atoms. The number of hydrogen-bond acceptors (Lipinski definition) is 4. The first-order valence-electron chi connectivity index (χ1n) is 4.29. The summed E-state index contributed by atoms with van der Waals surface area (Å²) in [5, 5.41) is 3.90. The van der Waals surface area contributed by atoms with Gasteiger partial charge in [0.05, 0.1) is 6.20 Å². The highest BCUT2D eigenvalue weighted by Crippen LogP contribution is 2.20. The molecule has 70 valence electrons. The summed E-state index contributed by atoms with van der Waals surface area (Å²) < 4.78 is 0. The maximum absolute atomic E-state index is 5.97. The summed E-state index contributed by atoms with van der Waals surface area (Å²) in [5.41, 5.74) is 0. The van der Waals surface area contributed by atoms with Gasteiger partial charge in [-0.05, 0) is 0 Å². The minimum absolute atomic E-state index is 0.629. The highest BCUT2D eigenvalue weighted by molar-refractivity contribution is 6.32. The molecule has 13 heavy (non-hydrogen) atoms. The Balaban J connectivity index is 2.18. The molecule has 0 unspecified atom stereocenters. The lowest BCUT2D eigenvalue weighted by Gasteiger charge is -2.28. The second-order valence-corrected chi connectivity index (χ2v) is 3.34. The van der Waals surface area contributed by atoms with Crippen LogP contribution in [0.1, 0.15) is 0 Å². The monoisotopic (exact) mass is 198 g/mol. The minimum atomic E-state index is 0.629. The van der Waals surface area contributed by atoms with Gasteiger partial charge in [0.25, 0.3) is 0 Å². The lowest BCUT2D eigenvalue weighted by Crippen LogP contribution is -2.44. The molecule has 4 nitrogen and oxygen atoms in total. The van der Waals surface area contributed by atoms with Crippen molar-refractivity contribution in [2.75, 3.05) is 31.1 Å². The number of aromatic nitrogens is 2. The Bertz CT molecular complexity index is 285. The summed E-state index contributed by atoms with van der Waals surface area (Å²) in [6, 6.07) is 0. The van der Waals surface area contributed by atoms with Gasteiger partial charge in [0.1, 0.15) is 11.3 Å². The van der Waals surface area contributed by atoms with E-state index in [0.717, 1.165) is 32.0 Å². The van der Waals surface area contributed by atoms with E-state index in [1.54, 1.807) is 6.20 Å². The number of piperazine rings is 1. The predicted octanol–water partition coefficient (Wildman–Crippen LogP) is 0.540. The number of nitrogens with zero attached hydrogens (tertiary/aromatic N) is 3. The quantitative estimate of drug-likeness (QED) is 0.715. The zero-order valence-corrected chi connectivity index (χ0v) is 7.96. The van der Waals surface area contributed by atoms with Gasteiger partial charge in [-0.2, -0.15) is 0 Å². The van der Waals surface area contributed by atoms with Crippen LogP contribution in [0.25, 0.3) is 0 Å². The van der Waals surface area contributed by atoms with Gasteiger partial charge >= 0.3 is 0 Å². The molecular weight excluding hydrogens is 188 g/mol. The molecule has 1 aliphatic rings. The predicted molar refractivity (Wildman–Crippen MR) is 52.1 cm³/mol. The molecule has 2 heterocycles. The molecule has 1 aromatic rings. The van der Waals surface area contributed by atoms with E-state index >= 15 is 0 Å². The van der Waals surface area contributed by atoms with E-state index in [1.807, 2.05) is 0 Å². The van der Waals surface area contributed by atoms with Gasteiger partial charge in [0.2, 0.25) is 0 Å². The third-order valence-electron chi connectivity index (χ3n) is 2.06. The number of hydrogen-bond donors (Lipinski definition) is 1. The fraction of sp³-hybridized carbons (Fsp3) is 0.500. The highest BCUT2D eigenvalue weighted by Gasteiger charge is 2.13. The van der Waals surface area contributed by atoms with Gasteiger partial charge in [0.15, 0.2) is 5.82 Å². The summed E-state index contributed by atoms with van der Waals surface area (Å²) >= 11 is 5.97. The molecule has 0 amide bonds. The molecule has 1 aromatic heterocycles. The van der Waals surface area contributed by atoms with E-state index in [4.69, 9.17) is 11.6 Å². The molecule has 0 radical (unpaired) electrons. The zero-order valence-electron chi connectivity index (χ0n) is 7.20. The maximum Gasteiger partial charge on any atom is 0.150 e. The van der Waals surface area contributed by atoms with E-state index in [2.05, 4.69) is 20.2 Å². The molecule has 0 aliphatic carbocycles. The summed E-state index contributed by atoms with van der Waals surface area (Å²) in [5.74, 6) is 0.846. The van der Waals surface area contributed by atoms with Crippen LogP contribution >= 0.6 is 11.6 Å². The number of halogens is 1. The van der Waals surface area contributed by atoms with Crippen LogP contribution in [0, 0.1) is 0 Å². The standard InChI is InChI=1S/C8H11ClN4/c9-7-5-11-6-12-8(7)13-3-1-10-2-4-13/h5-6,10H,1-4H2. The topological polar surface area (TPSA) is 41.1 Å². The Morgan fingerprint density at radius 2 is 2.15 bits per heavy atom. The Kier molecular flexibility index (Phi) is 2.61. The van der Waals surface area contributed by atoms with Gasteiger partial charge < -0.3 is 10.2 Å². The van der Waals surface area contributed by atoms with E-state index in [1.165, 1.54) is 6.33 Å². The van der Waals surface area contributed by atoms with E-state index in [0.29, 0.717) is 5.02 Å². The van der Waals surface area contributed by atoms with E-state index < -0.39 is 0 Å². The zero-order chi connectivity index (χ0) is 9.10. The first-order chi connectivity index (χ1) is 6.38. The van der Waals surface area contributed by atoms with Crippen molar-refractivity contribution < 1.29 is 0 Å². The third kappa shape index (κ3) is 1.89. The molecule has 5 heteroatoms. The largest absolute Gasteiger partial charge is 0.353 e. The smallest absolute Gasteiger partial charge is 0.150 e. The lowest BCUT2D eigenvalue weighted by molar-refractivity contribution is 0.584. The highest BCUT2D eigenvalue weighted by atomic mass is 35.5. The van der Waals surface area contributed by atoms with Crippen LogP contribution in [0.4, 0.5) is 5.82 Å². The first-order valence-corrected chi connectivity index (χ1v) is 4.67. The van der Waals surface area contributed by atoms with Crippen molar-refractivity contribution in [3.8, 4) is 0 Å². The second kappa shape index (κ2) is 3.89. The number of nitrogens with one attached hydrogen (secondary N) is 1. The van der Waals surface area contributed by atoms with Crippen LogP contribution in [-0.2, 0) is 0 Å². The van der Waals surface area contributed by atoms with Crippen molar-refractivity contribution in [2.45, 2.75) is 0 Å². The van der Waals surface area contributed by atoms with Crippen LogP contribution in [0.2, 0.25) is 5.02 Å². The lowest BCUT2D eigenvalue weighted by atomic mass is 10.3. The van der Waals surface area contributed by atoms with Crippen LogP contribution in [-0.4, -0.2) is 36.1 Å². The molecule has 0 aromatic carbocycles. The second-order valence-electron chi connectivity index (χ2n) is 2.93. The van der Waals surface area contributed by atoms with Crippen molar-refractivity contribution in [2.24, 2.45) is 0 Å². The average molecular weight is 199 g/mol. The molecule has 0 spiro atoms. The normalized spacial score (nSPS) is 17.5. The molecule has 0 saturated carbocycles. The maximum atomic E-state index is 5.97. The van der Waals surface area contributed by atoms with Crippen LogP contribution in [0.3, 0.4) is 0 Å². The SMILES string of the molecule is Clc1cncnc1N1CCNCC1. The summed E-state index contributed by atoms with van der Waals surface area (Å²) in [7, 11) is 0. The third-order valence-corrected chi connectivity index (χ3v) is 2.33. The first kappa shape index (κ1) is 8.72. The van der Waals surface area contributed by atoms with Gasteiger partial charge in [-0.1, -0.05) is 11.6 Å². The van der Waals surface area contributed by atoms with Crippen molar-refractivity contribution in [3.05, 3.63) is 17.5 Å². The molecule has 0 atom stereocenters. The van der Waals surface area contributed by atoms with Crippen LogP contribution in [0.5, 0.6) is 0 Å². The Morgan fingerprint density at radius 1 is 1.38 bits per heavy atom. The fourth-order valence-corrected chi connectivity index (χ4v) is 1.64. The molecule has 1 N–H and O–H groups in total. The average Bonchev–Trinajstić information content (AvgIpc) is 2.20. The molecule has 1 aliphatic heterocycles. The van der Waals surface area contributed by atoms with E-state index in [9.17, 15) is 0 Å². The van der Waals surface area contributed by atoms with Gasteiger partial charge in [-0.15, -0.1) is 0 Å². The van der Waals surface area contributed by atoms with E-state index in [-0.39, 0.29) is 0 Å². The summed E-state index contributed by atoms with van der Waals surface area (Å²) in [4.78, 5) is 10.2. The molecular formula is C8H11ClN4. The van der Waals surface area contributed by atoms with Crippen molar-refractivity contribution in [1.29, 1.82) is 0 Å². The van der Waals surface area contributed by atoms with Crippen molar-refractivity contribution in [3.63, 3.8) is 0 Å². The number of anilines is 1. The van der Waals surface area contributed by atoms with Crippen LogP contribution < -0.4 is 10.2 Å². The Hall–Kier alpha value is -0.870. The van der Waals surface area contributed by atoms with Gasteiger partial charge in [0, 0.05) is 26.2 Å². The summed E-state index contributed by atoms with van der Waals surface area (Å²) in [6.45, 7) is 3.88. The minimum Gasteiger partial charge on any atom is -0.353 e.